The Labute approximate surface area is 248 Å². The van der Waals surface area contributed by atoms with Crippen molar-refractivity contribution in [1.82, 2.24) is 10.6 Å². The number of halogens is 3. The lowest BCUT2D eigenvalue weighted by Crippen LogP contribution is -2.53. The molecular weight excluding hydrogens is 557 g/mol. The van der Waals surface area contributed by atoms with Crippen LogP contribution in [0.2, 0.25) is 0 Å². The maximum absolute atomic E-state index is 13.9. The van der Waals surface area contributed by atoms with E-state index in [1.165, 1.54) is 12.2 Å². The first-order valence-electron chi connectivity index (χ1n) is 14.5. The molecule has 0 spiro atoms. The number of carbonyl (C=O) groups is 2. The zero-order valence-corrected chi connectivity index (χ0v) is 23.7. The fourth-order valence-electron chi connectivity index (χ4n) is 5.81. The number of allylic oxidation sites excluding steroid dienone is 6. The molecule has 1 heterocycles. The number of rotatable bonds is 8. The summed E-state index contributed by atoms with van der Waals surface area (Å²) in [5, 5.41) is 19.6. The molecule has 2 unspecified atom stereocenters. The van der Waals surface area contributed by atoms with Crippen LogP contribution in [0.1, 0.15) is 55.8 Å². The van der Waals surface area contributed by atoms with Crippen molar-refractivity contribution in [3.05, 3.63) is 101 Å². The summed E-state index contributed by atoms with van der Waals surface area (Å²) in [6, 6.07) is 16.2. The summed E-state index contributed by atoms with van der Waals surface area (Å²) in [6.45, 7) is 0.571. The van der Waals surface area contributed by atoms with Crippen LogP contribution < -0.4 is 16.0 Å². The number of hydrogen-bond donors (Lipinski definition) is 4. The summed E-state index contributed by atoms with van der Waals surface area (Å²) in [6.07, 6.45) is 2.47. The van der Waals surface area contributed by atoms with Gasteiger partial charge in [0.25, 0.3) is 5.91 Å². The highest BCUT2D eigenvalue weighted by atomic mass is 19.4. The Morgan fingerprint density at radius 3 is 2.51 bits per heavy atom. The van der Waals surface area contributed by atoms with E-state index in [1.807, 2.05) is 30.3 Å². The van der Waals surface area contributed by atoms with Crippen molar-refractivity contribution >= 4 is 23.2 Å². The maximum Gasteiger partial charge on any atom is 0.412 e. The number of benzodiazepines with no additional fused rings is 1. The Bertz CT molecular complexity index is 1460. The van der Waals surface area contributed by atoms with Gasteiger partial charge >= 0.3 is 6.18 Å². The molecule has 2 aliphatic carbocycles. The number of aliphatic imine (C=N–C) groups is 1. The van der Waals surface area contributed by atoms with E-state index in [0.29, 0.717) is 41.9 Å². The Kier molecular flexibility index (Phi) is 9.27. The van der Waals surface area contributed by atoms with E-state index in [2.05, 4.69) is 20.9 Å². The first-order chi connectivity index (χ1) is 20.7. The molecule has 2 amide bonds. The highest BCUT2D eigenvalue weighted by Gasteiger charge is 2.41. The lowest BCUT2D eigenvalue weighted by Gasteiger charge is -2.37. The van der Waals surface area contributed by atoms with Gasteiger partial charge in [0.05, 0.1) is 22.9 Å². The molecule has 43 heavy (non-hydrogen) atoms. The minimum absolute atomic E-state index is 0.258. The fourth-order valence-corrected chi connectivity index (χ4v) is 5.81. The fraction of sp³-hybridized carbons (Fsp3) is 0.364. The molecule has 0 radical (unpaired) electrons. The minimum Gasteiger partial charge on any atom is -0.387 e. The van der Waals surface area contributed by atoms with E-state index < -0.39 is 35.3 Å². The van der Waals surface area contributed by atoms with Gasteiger partial charge in [-0.15, -0.1) is 0 Å². The summed E-state index contributed by atoms with van der Waals surface area (Å²) in [5.74, 6) is -0.869. The summed E-state index contributed by atoms with van der Waals surface area (Å²) in [7, 11) is 0. The van der Waals surface area contributed by atoms with Crippen molar-refractivity contribution in [2.75, 3.05) is 18.4 Å². The predicted octanol–water partition coefficient (Wildman–Crippen LogP) is 5.52. The number of nitrogens with one attached hydrogen (secondary N) is 3. The Hall–Kier alpha value is -4.02. The van der Waals surface area contributed by atoms with Crippen LogP contribution in [0, 0.1) is 5.41 Å². The second-order valence-electron chi connectivity index (χ2n) is 11.2. The maximum atomic E-state index is 13.9. The summed E-state index contributed by atoms with van der Waals surface area (Å²) in [4.78, 5) is 31.9. The molecule has 2 aromatic carbocycles. The Balaban J connectivity index is 1.40. The summed E-state index contributed by atoms with van der Waals surface area (Å²) < 4.78 is 40.2. The van der Waals surface area contributed by atoms with Crippen molar-refractivity contribution in [3.8, 4) is 0 Å². The molecule has 1 saturated carbocycles. The van der Waals surface area contributed by atoms with Crippen molar-refractivity contribution in [2.24, 2.45) is 10.4 Å². The van der Waals surface area contributed by atoms with Gasteiger partial charge in [-0.25, -0.2) is 4.99 Å². The van der Waals surface area contributed by atoms with Crippen LogP contribution in [-0.2, 0) is 9.59 Å². The number of aliphatic hydroxyl groups excluding tert-OH is 1. The van der Waals surface area contributed by atoms with E-state index in [0.717, 1.165) is 30.9 Å². The van der Waals surface area contributed by atoms with E-state index in [4.69, 9.17) is 0 Å². The topological polar surface area (TPSA) is 103 Å². The molecule has 1 fully saturated rings. The number of aliphatic hydroxyl groups is 1. The number of amides is 2. The van der Waals surface area contributed by atoms with Crippen LogP contribution in [0.25, 0.3) is 0 Å². The van der Waals surface area contributed by atoms with Gasteiger partial charge in [0.2, 0.25) is 12.1 Å². The number of nitrogens with zero attached hydrogens (tertiary/aromatic N) is 1. The number of carbonyl (C=O) groups excluding carboxylic acids is 2. The normalized spacial score (nSPS) is 20.8. The monoisotopic (exact) mass is 592 g/mol. The third-order valence-corrected chi connectivity index (χ3v) is 8.23. The summed E-state index contributed by atoms with van der Waals surface area (Å²) in [5.41, 5.74) is 0.956. The van der Waals surface area contributed by atoms with Crippen LogP contribution in [-0.4, -0.2) is 48.1 Å². The zero-order chi connectivity index (χ0) is 30.5. The molecule has 4 N–H and O–H groups in total. The lowest BCUT2D eigenvalue weighted by molar-refractivity contribution is -0.135. The van der Waals surface area contributed by atoms with Gasteiger partial charge in [-0.3, -0.25) is 9.59 Å². The third kappa shape index (κ3) is 7.14. The molecule has 7 nitrogen and oxygen atoms in total. The molecule has 1 aliphatic heterocycles. The van der Waals surface area contributed by atoms with Gasteiger partial charge in [-0.05, 0) is 30.9 Å². The molecule has 5 rings (SSSR count). The number of benzene rings is 2. The van der Waals surface area contributed by atoms with Gasteiger partial charge < -0.3 is 21.1 Å². The highest BCUT2D eigenvalue weighted by molar-refractivity contribution is 6.21. The molecule has 226 valence electrons. The van der Waals surface area contributed by atoms with E-state index in [9.17, 15) is 27.9 Å². The second kappa shape index (κ2) is 13.1. The van der Waals surface area contributed by atoms with Crippen molar-refractivity contribution in [3.63, 3.8) is 0 Å². The number of hydrogen-bond acceptors (Lipinski definition) is 5. The Morgan fingerprint density at radius 1 is 1.05 bits per heavy atom. The molecule has 0 aromatic heterocycles. The van der Waals surface area contributed by atoms with E-state index in [1.54, 1.807) is 30.3 Å². The highest BCUT2D eigenvalue weighted by Crippen LogP contribution is 2.37. The minimum atomic E-state index is -4.47. The van der Waals surface area contributed by atoms with Gasteiger partial charge in [-0.1, -0.05) is 92.1 Å². The third-order valence-electron chi connectivity index (χ3n) is 8.23. The van der Waals surface area contributed by atoms with Gasteiger partial charge in [0.1, 0.15) is 0 Å². The molecule has 0 bridgehead atoms. The first-order valence-corrected chi connectivity index (χ1v) is 14.5. The first kappa shape index (κ1) is 30.4. The van der Waals surface area contributed by atoms with Crippen LogP contribution in [0.5, 0.6) is 0 Å². The van der Waals surface area contributed by atoms with E-state index in [-0.39, 0.29) is 18.9 Å². The number of alkyl halides is 3. The average molecular weight is 593 g/mol. The number of fused-ring (bicyclic) bond motifs is 1. The van der Waals surface area contributed by atoms with E-state index >= 15 is 0 Å². The van der Waals surface area contributed by atoms with Crippen molar-refractivity contribution in [1.29, 1.82) is 0 Å². The average Bonchev–Trinajstić information content (AvgIpc) is 3.33. The van der Waals surface area contributed by atoms with Crippen molar-refractivity contribution in [2.45, 2.75) is 57.0 Å². The number of para-hydroxylation sites is 1. The molecule has 2 atom stereocenters. The SMILES string of the molecule is O=C1Nc2ccccc2C(C2=CC=C(C(F)(F)F)CC=C2)=NC1NC(=O)C1(CNCC(O)c2ccccc2)CCCCC1. The molecule has 3 aliphatic rings. The van der Waals surface area contributed by atoms with Gasteiger partial charge in [-0.2, -0.15) is 13.2 Å². The second-order valence-corrected chi connectivity index (χ2v) is 11.2. The molecular formula is C33H35F3N4O3. The standard InChI is InChI=1S/C33H35F3N4O3/c34-33(35,36)24-13-9-12-23(16-17-24)28-25-14-5-6-15-26(25)38-30(42)29(39-28)40-31(43)32(18-7-2-8-19-32)21-37-20-27(41)22-10-3-1-4-11-22/h1,3-6,9-12,14-17,27,29,37,41H,2,7-8,13,18-21H2,(H,38,42)(H,40,43). The molecule has 2 aromatic rings. The smallest absolute Gasteiger partial charge is 0.387 e. The van der Waals surface area contributed by atoms with Crippen LogP contribution in [0.3, 0.4) is 0 Å². The molecule has 10 heteroatoms. The quantitative estimate of drug-likeness (QED) is 0.324. The molecule has 0 saturated heterocycles. The van der Waals surface area contributed by atoms with Gasteiger partial charge in [0, 0.05) is 29.8 Å². The number of anilines is 1. The van der Waals surface area contributed by atoms with Crippen molar-refractivity contribution < 1.29 is 27.9 Å². The van der Waals surface area contributed by atoms with Gasteiger partial charge in [0.15, 0.2) is 0 Å². The Morgan fingerprint density at radius 2 is 1.77 bits per heavy atom. The lowest BCUT2D eigenvalue weighted by atomic mass is 9.73. The largest absolute Gasteiger partial charge is 0.412 e. The zero-order valence-electron chi connectivity index (χ0n) is 23.7. The summed E-state index contributed by atoms with van der Waals surface area (Å²) >= 11 is 0. The van der Waals surface area contributed by atoms with Crippen LogP contribution >= 0.6 is 0 Å². The van der Waals surface area contributed by atoms with Crippen LogP contribution in [0.4, 0.5) is 18.9 Å². The van der Waals surface area contributed by atoms with Crippen LogP contribution in [0.15, 0.2) is 95.0 Å². The predicted molar refractivity (Wildman–Crippen MR) is 159 cm³/mol.